The number of hydrogen-bond donors (Lipinski definition) is 1. The van der Waals surface area contributed by atoms with Crippen molar-refractivity contribution in [2.24, 2.45) is 0 Å². The van der Waals surface area contributed by atoms with E-state index < -0.39 is 28.5 Å². The largest absolute Gasteiger partial charge is 0.354 e. The summed E-state index contributed by atoms with van der Waals surface area (Å²) in [6.07, 6.45) is 2.73. The van der Waals surface area contributed by atoms with Gasteiger partial charge in [-0.05, 0) is 43.5 Å². The van der Waals surface area contributed by atoms with Crippen molar-refractivity contribution in [3.8, 4) is 0 Å². The highest BCUT2D eigenvalue weighted by Gasteiger charge is 2.31. The van der Waals surface area contributed by atoms with Crippen LogP contribution in [0.15, 0.2) is 42.5 Å². The maximum absolute atomic E-state index is 13.5. The number of benzene rings is 2. The van der Waals surface area contributed by atoms with Crippen molar-refractivity contribution in [3.63, 3.8) is 0 Å². The van der Waals surface area contributed by atoms with Gasteiger partial charge in [0.15, 0.2) is 0 Å². The van der Waals surface area contributed by atoms with E-state index >= 15 is 0 Å². The minimum atomic E-state index is -3.89. The fraction of sp³-hybridized carbons (Fsp3) is 0.417. The minimum Gasteiger partial charge on any atom is -0.354 e. The minimum absolute atomic E-state index is 0.0261. The fourth-order valence-corrected chi connectivity index (χ4v) is 4.67. The van der Waals surface area contributed by atoms with Crippen LogP contribution in [0, 0.1) is 6.92 Å². The molecular weight excluding hydrogens is 497 g/mol. The molecule has 0 heterocycles. The van der Waals surface area contributed by atoms with Gasteiger partial charge < -0.3 is 10.2 Å². The summed E-state index contributed by atoms with van der Waals surface area (Å²) in [6, 6.07) is 11.3. The third kappa shape index (κ3) is 7.35. The molecule has 0 aliphatic heterocycles. The molecule has 34 heavy (non-hydrogen) atoms. The number of carbonyl (C=O) groups excluding carboxylic acids is 2. The van der Waals surface area contributed by atoms with E-state index in [1.54, 1.807) is 13.0 Å². The summed E-state index contributed by atoms with van der Waals surface area (Å²) >= 11 is 12.3. The van der Waals surface area contributed by atoms with Crippen LogP contribution in [0.5, 0.6) is 0 Å². The number of unbranched alkanes of at least 4 members (excludes halogenated alkanes) is 1. The predicted molar refractivity (Wildman–Crippen MR) is 138 cm³/mol. The van der Waals surface area contributed by atoms with Crippen LogP contribution in [-0.4, -0.2) is 50.5 Å². The van der Waals surface area contributed by atoms with E-state index in [9.17, 15) is 18.0 Å². The van der Waals surface area contributed by atoms with E-state index in [-0.39, 0.29) is 28.2 Å². The first-order valence-electron chi connectivity index (χ1n) is 11.0. The number of hydrogen-bond acceptors (Lipinski definition) is 4. The number of anilines is 1. The molecule has 2 aromatic rings. The molecule has 1 atom stereocenters. The lowest BCUT2D eigenvalue weighted by Crippen LogP contribution is -2.51. The molecule has 186 valence electrons. The van der Waals surface area contributed by atoms with Gasteiger partial charge in [0.25, 0.3) is 0 Å². The second-order valence-corrected chi connectivity index (χ2v) is 10.8. The standard InChI is InChI=1S/C24H31Cl2N3O4S/c1-5-6-14-27-24(31)18(3)28(15-19-11-8-7-10-17(19)2)22(30)16-29(34(4,32)33)21-13-9-12-20(25)23(21)26/h7-13,18H,5-6,14-16H2,1-4H3,(H,27,31)/t18-/m0/s1. The van der Waals surface area contributed by atoms with Crippen molar-refractivity contribution in [3.05, 3.63) is 63.6 Å². The van der Waals surface area contributed by atoms with Crippen molar-refractivity contribution < 1.29 is 18.0 Å². The van der Waals surface area contributed by atoms with Crippen LogP contribution < -0.4 is 9.62 Å². The van der Waals surface area contributed by atoms with E-state index in [1.165, 1.54) is 17.0 Å². The van der Waals surface area contributed by atoms with Crippen LogP contribution in [0.1, 0.15) is 37.8 Å². The third-order valence-electron chi connectivity index (χ3n) is 5.48. The van der Waals surface area contributed by atoms with E-state index in [0.717, 1.165) is 34.5 Å². The number of rotatable bonds is 11. The van der Waals surface area contributed by atoms with Crippen molar-refractivity contribution in [2.75, 3.05) is 23.7 Å². The van der Waals surface area contributed by atoms with Crippen LogP contribution in [0.3, 0.4) is 0 Å². The zero-order valence-electron chi connectivity index (χ0n) is 19.8. The molecule has 0 saturated carbocycles. The highest BCUT2D eigenvalue weighted by molar-refractivity contribution is 7.92. The Labute approximate surface area is 212 Å². The number of aryl methyl sites for hydroxylation is 1. The molecule has 0 aliphatic rings. The molecule has 2 aromatic carbocycles. The molecule has 1 N–H and O–H groups in total. The van der Waals surface area contributed by atoms with Crippen LogP contribution in [-0.2, 0) is 26.2 Å². The first kappa shape index (κ1) is 28.0. The monoisotopic (exact) mass is 527 g/mol. The Kier molecular flexibility index (Phi) is 10.2. The summed E-state index contributed by atoms with van der Waals surface area (Å²) < 4.78 is 26.1. The SMILES string of the molecule is CCCCNC(=O)[C@H](C)N(Cc1ccccc1C)C(=O)CN(c1cccc(Cl)c1Cl)S(C)(=O)=O. The van der Waals surface area contributed by atoms with Gasteiger partial charge in [0.1, 0.15) is 12.6 Å². The maximum Gasteiger partial charge on any atom is 0.244 e. The van der Waals surface area contributed by atoms with E-state index in [0.29, 0.717) is 6.54 Å². The zero-order chi connectivity index (χ0) is 25.5. The lowest BCUT2D eigenvalue weighted by Gasteiger charge is -2.32. The highest BCUT2D eigenvalue weighted by atomic mass is 35.5. The second-order valence-electron chi connectivity index (χ2n) is 8.11. The van der Waals surface area contributed by atoms with Crippen LogP contribution in [0.4, 0.5) is 5.69 Å². The summed E-state index contributed by atoms with van der Waals surface area (Å²) in [6.45, 7) is 5.68. The number of nitrogens with zero attached hydrogens (tertiary/aromatic N) is 2. The lowest BCUT2D eigenvalue weighted by molar-refractivity contribution is -0.139. The van der Waals surface area contributed by atoms with Crippen molar-refractivity contribution in [2.45, 2.75) is 46.2 Å². The molecule has 0 saturated heterocycles. The normalized spacial score (nSPS) is 12.2. The molecule has 0 aliphatic carbocycles. The maximum atomic E-state index is 13.5. The Hall–Kier alpha value is -2.29. The Balaban J connectivity index is 2.41. The molecule has 10 heteroatoms. The second kappa shape index (κ2) is 12.4. The van der Waals surface area contributed by atoms with Gasteiger partial charge in [-0.25, -0.2) is 8.42 Å². The van der Waals surface area contributed by atoms with Crippen molar-refractivity contribution >= 4 is 50.7 Å². The number of carbonyl (C=O) groups is 2. The summed E-state index contributed by atoms with van der Waals surface area (Å²) in [5, 5.41) is 3.04. The van der Waals surface area contributed by atoms with Gasteiger partial charge in [-0.1, -0.05) is 66.9 Å². The lowest BCUT2D eigenvalue weighted by atomic mass is 10.1. The fourth-order valence-electron chi connectivity index (χ4n) is 3.37. The topological polar surface area (TPSA) is 86.8 Å². The molecule has 0 unspecified atom stereocenters. The molecule has 0 bridgehead atoms. The number of nitrogens with one attached hydrogen (secondary N) is 1. The smallest absolute Gasteiger partial charge is 0.244 e. The van der Waals surface area contributed by atoms with Gasteiger partial charge >= 0.3 is 0 Å². The van der Waals surface area contributed by atoms with E-state index in [1.807, 2.05) is 38.1 Å². The van der Waals surface area contributed by atoms with Gasteiger partial charge in [0.2, 0.25) is 21.8 Å². The Morgan fingerprint density at radius 3 is 2.38 bits per heavy atom. The van der Waals surface area contributed by atoms with Crippen LogP contribution in [0.25, 0.3) is 0 Å². The number of amides is 2. The first-order chi connectivity index (χ1) is 16.0. The van der Waals surface area contributed by atoms with Crippen molar-refractivity contribution in [1.82, 2.24) is 10.2 Å². The van der Waals surface area contributed by atoms with E-state index in [2.05, 4.69) is 5.32 Å². The molecule has 0 fully saturated rings. The Bertz CT molecular complexity index is 1120. The van der Waals surface area contributed by atoms with Crippen LogP contribution in [0.2, 0.25) is 10.0 Å². The zero-order valence-corrected chi connectivity index (χ0v) is 22.2. The molecule has 2 amide bonds. The molecule has 0 radical (unpaired) electrons. The average molecular weight is 529 g/mol. The highest BCUT2D eigenvalue weighted by Crippen LogP contribution is 2.33. The Morgan fingerprint density at radius 1 is 1.09 bits per heavy atom. The van der Waals surface area contributed by atoms with E-state index in [4.69, 9.17) is 23.2 Å². The molecule has 2 rings (SSSR count). The van der Waals surface area contributed by atoms with Gasteiger partial charge in [-0.3, -0.25) is 13.9 Å². The van der Waals surface area contributed by atoms with Gasteiger partial charge in [0.05, 0.1) is 22.0 Å². The summed E-state index contributed by atoms with van der Waals surface area (Å²) in [5.41, 5.74) is 1.91. The number of halogens is 2. The summed E-state index contributed by atoms with van der Waals surface area (Å²) in [7, 11) is -3.89. The molecule has 0 aromatic heterocycles. The average Bonchev–Trinajstić information content (AvgIpc) is 2.77. The van der Waals surface area contributed by atoms with Gasteiger partial charge in [-0.15, -0.1) is 0 Å². The molecule has 7 nitrogen and oxygen atoms in total. The van der Waals surface area contributed by atoms with Gasteiger partial charge in [0, 0.05) is 13.1 Å². The Morgan fingerprint density at radius 2 is 1.76 bits per heavy atom. The number of sulfonamides is 1. The quantitative estimate of drug-likeness (QED) is 0.438. The van der Waals surface area contributed by atoms with Gasteiger partial charge in [-0.2, -0.15) is 0 Å². The third-order valence-corrected chi connectivity index (χ3v) is 7.41. The first-order valence-corrected chi connectivity index (χ1v) is 13.6. The summed E-state index contributed by atoms with van der Waals surface area (Å²) in [5.74, 6) is -0.843. The molecule has 0 spiro atoms. The summed E-state index contributed by atoms with van der Waals surface area (Å²) in [4.78, 5) is 27.7. The van der Waals surface area contributed by atoms with Crippen LogP contribution >= 0.6 is 23.2 Å². The van der Waals surface area contributed by atoms with Crippen molar-refractivity contribution in [1.29, 1.82) is 0 Å². The predicted octanol–water partition coefficient (Wildman–Crippen LogP) is 4.40. The molecular formula is C24H31Cl2N3O4S.